The van der Waals surface area contributed by atoms with Crippen molar-refractivity contribution in [2.45, 2.75) is 70.1 Å². The molecule has 1 aliphatic heterocycles. The van der Waals surface area contributed by atoms with Gasteiger partial charge in [-0.3, -0.25) is 9.59 Å². The SMILES string of the molecule is COC(=O)NC(C(=O)CCCc1c(CCC2CNC(c3nc4cc(C)c(C)cc4[nH]3)CO2)cc[nH]c1=O)C(c1ccccc1)c1ccccc1. The fraction of sp³-hybridized carbons (Fsp3) is 0.350. The average Bonchev–Trinajstić information content (AvgIpc) is 3.55. The topological polar surface area (TPSA) is 138 Å². The third kappa shape index (κ3) is 8.21. The van der Waals surface area contributed by atoms with Crippen LogP contribution < -0.4 is 16.2 Å². The number of alkyl carbamates (subject to hydrolysis) is 1. The molecule has 10 heteroatoms. The van der Waals surface area contributed by atoms with Crippen LogP contribution in [0.15, 0.2) is 89.9 Å². The fourth-order valence-corrected chi connectivity index (χ4v) is 6.84. The molecule has 0 spiro atoms. The van der Waals surface area contributed by atoms with Crippen molar-refractivity contribution in [3.05, 3.63) is 135 Å². The van der Waals surface area contributed by atoms with E-state index in [0.717, 1.165) is 40.0 Å². The number of aromatic nitrogens is 3. The van der Waals surface area contributed by atoms with Crippen LogP contribution in [0.5, 0.6) is 0 Å². The number of aromatic amines is 2. The highest BCUT2D eigenvalue weighted by Gasteiger charge is 2.32. The van der Waals surface area contributed by atoms with Gasteiger partial charge in [-0.15, -0.1) is 0 Å². The second-order valence-electron chi connectivity index (χ2n) is 13.1. The van der Waals surface area contributed by atoms with E-state index in [1.165, 1.54) is 18.2 Å². The van der Waals surface area contributed by atoms with Crippen molar-refractivity contribution in [2.24, 2.45) is 0 Å². The molecule has 3 unspecified atom stereocenters. The molecule has 3 heterocycles. The molecule has 0 bridgehead atoms. The zero-order valence-electron chi connectivity index (χ0n) is 28.8. The van der Waals surface area contributed by atoms with Crippen LogP contribution in [-0.2, 0) is 27.1 Å². The summed E-state index contributed by atoms with van der Waals surface area (Å²) in [6.45, 7) is 5.37. The predicted molar refractivity (Wildman–Crippen MR) is 193 cm³/mol. The molecule has 3 atom stereocenters. The summed E-state index contributed by atoms with van der Waals surface area (Å²) in [5, 5.41) is 6.39. The number of ketones is 1. The van der Waals surface area contributed by atoms with Crippen LogP contribution in [0, 0.1) is 13.8 Å². The van der Waals surface area contributed by atoms with Gasteiger partial charge in [0, 0.05) is 30.6 Å². The Bertz CT molecular complexity index is 1890. The van der Waals surface area contributed by atoms with Crippen molar-refractivity contribution in [1.29, 1.82) is 0 Å². The number of imidazole rings is 1. The Labute approximate surface area is 292 Å². The summed E-state index contributed by atoms with van der Waals surface area (Å²) in [7, 11) is 1.29. The average molecular weight is 676 g/mol. The quantitative estimate of drug-likeness (QED) is 0.121. The Morgan fingerprint density at radius 2 is 1.68 bits per heavy atom. The Hall–Kier alpha value is -5.06. The predicted octanol–water partition coefficient (Wildman–Crippen LogP) is 5.98. The normalized spacial score (nSPS) is 16.7. The number of hydrogen-bond donors (Lipinski definition) is 4. The molecule has 260 valence electrons. The smallest absolute Gasteiger partial charge is 0.407 e. The number of hydrogen-bond acceptors (Lipinski definition) is 7. The van der Waals surface area contributed by atoms with Gasteiger partial charge in [-0.25, -0.2) is 9.78 Å². The highest BCUT2D eigenvalue weighted by molar-refractivity contribution is 5.89. The number of pyridine rings is 1. The molecule has 6 rings (SSSR count). The molecule has 1 fully saturated rings. The number of benzene rings is 3. The molecule has 1 amide bonds. The molecule has 0 radical (unpaired) electrons. The monoisotopic (exact) mass is 675 g/mol. The number of carbonyl (C=O) groups is 2. The Morgan fingerprint density at radius 3 is 2.34 bits per heavy atom. The maximum Gasteiger partial charge on any atom is 0.407 e. The van der Waals surface area contributed by atoms with Crippen LogP contribution >= 0.6 is 0 Å². The summed E-state index contributed by atoms with van der Waals surface area (Å²) in [5.74, 6) is 0.328. The minimum Gasteiger partial charge on any atom is -0.453 e. The van der Waals surface area contributed by atoms with Crippen molar-refractivity contribution in [3.63, 3.8) is 0 Å². The number of H-pyrrole nitrogens is 2. The van der Waals surface area contributed by atoms with Crippen LogP contribution in [0.4, 0.5) is 4.79 Å². The van der Waals surface area contributed by atoms with Crippen LogP contribution in [0.2, 0.25) is 0 Å². The van der Waals surface area contributed by atoms with Crippen molar-refractivity contribution >= 4 is 22.9 Å². The molecular formula is C40H45N5O5. The van der Waals surface area contributed by atoms with E-state index in [9.17, 15) is 14.4 Å². The Morgan fingerprint density at radius 1 is 0.980 bits per heavy atom. The lowest BCUT2D eigenvalue weighted by Crippen LogP contribution is -2.45. The van der Waals surface area contributed by atoms with Crippen molar-refractivity contribution in [3.8, 4) is 0 Å². The molecule has 0 aliphatic carbocycles. The number of nitrogens with zero attached hydrogens (tertiary/aromatic N) is 1. The molecule has 50 heavy (non-hydrogen) atoms. The number of nitrogens with one attached hydrogen (secondary N) is 4. The first-order valence-corrected chi connectivity index (χ1v) is 17.3. The number of methoxy groups -OCH3 is 1. The maximum atomic E-state index is 13.9. The Kier molecular flexibility index (Phi) is 11.2. The van der Waals surface area contributed by atoms with Crippen LogP contribution in [0.25, 0.3) is 11.0 Å². The summed E-state index contributed by atoms with van der Waals surface area (Å²) in [6, 6.07) is 24.7. The second-order valence-corrected chi connectivity index (χ2v) is 13.1. The highest BCUT2D eigenvalue weighted by atomic mass is 16.5. The number of carbonyl (C=O) groups excluding carboxylic acids is 2. The summed E-state index contributed by atoms with van der Waals surface area (Å²) in [5.41, 5.74) is 7.72. The van der Waals surface area contributed by atoms with Crippen molar-refractivity contribution in [1.82, 2.24) is 25.6 Å². The van der Waals surface area contributed by atoms with Crippen molar-refractivity contribution < 1.29 is 19.1 Å². The molecule has 0 saturated carbocycles. The maximum absolute atomic E-state index is 13.9. The molecule has 3 aromatic carbocycles. The van der Waals surface area contributed by atoms with Gasteiger partial charge in [0.25, 0.3) is 5.56 Å². The zero-order chi connectivity index (χ0) is 35.0. The van der Waals surface area contributed by atoms with E-state index < -0.39 is 18.1 Å². The van der Waals surface area contributed by atoms with E-state index in [0.29, 0.717) is 38.0 Å². The summed E-state index contributed by atoms with van der Waals surface area (Å²) in [6.07, 6.45) is 3.47. The minimum atomic E-state index is -0.853. The molecule has 4 N–H and O–H groups in total. The molecule has 10 nitrogen and oxygen atoms in total. The van der Waals surface area contributed by atoms with Gasteiger partial charge in [0.2, 0.25) is 0 Å². The van der Waals surface area contributed by atoms with Gasteiger partial charge in [0.15, 0.2) is 5.78 Å². The first-order chi connectivity index (χ1) is 24.3. The van der Waals surface area contributed by atoms with E-state index in [4.69, 9.17) is 14.5 Å². The summed E-state index contributed by atoms with van der Waals surface area (Å²) < 4.78 is 11.2. The second kappa shape index (κ2) is 16.1. The van der Waals surface area contributed by atoms with Gasteiger partial charge < -0.3 is 30.1 Å². The molecule has 5 aromatic rings. The van der Waals surface area contributed by atoms with Crippen molar-refractivity contribution in [2.75, 3.05) is 20.3 Å². The molecule has 2 aromatic heterocycles. The van der Waals surface area contributed by atoms with Gasteiger partial charge in [-0.05, 0) is 85.5 Å². The molecular weight excluding hydrogens is 630 g/mol. The lowest BCUT2D eigenvalue weighted by atomic mass is 9.82. The number of aryl methyl sites for hydroxylation is 3. The van der Waals surface area contributed by atoms with E-state index in [1.807, 2.05) is 66.7 Å². The lowest BCUT2D eigenvalue weighted by Gasteiger charge is -2.29. The van der Waals surface area contributed by atoms with Gasteiger partial charge >= 0.3 is 6.09 Å². The zero-order valence-corrected chi connectivity index (χ0v) is 28.8. The summed E-state index contributed by atoms with van der Waals surface area (Å²) in [4.78, 5) is 50.4. The Balaban J connectivity index is 1.08. The number of ether oxygens (including phenoxy) is 2. The van der Waals surface area contributed by atoms with E-state index in [-0.39, 0.29) is 29.9 Å². The van der Waals surface area contributed by atoms with Gasteiger partial charge in [-0.1, -0.05) is 60.7 Å². The van der Waals surface area contributed by atoms with Crippen LogP contribution in [0.1, 0.15) is 70.4 Å². The number of morpholine rings is 1. The number of fused-ring (bicyclic) bond motifs is 1. The van der Waals surface area contributed by atoms with Crippen LogP contribution in [0.3, 0.4) is 0 Å². The number of Topliss-reactive ketones (excluding diaryl/α,β-unsaturated/α-hetero) is 1. The van der Waals surface area contributed by atoms with E-state index in [1.54, 1.807) is 6.20 Å². The summed E-state index contributed by atoms with van der Waals surface area (Å²) >= 11 is 0. The molecule has 1 saturated heterocycles. The van der Waals surface area contributed by atoms with Gasteiger partial charge in [0.05, 0.1) is 36.9 Å². The van der Waals surface area contributed by atoms with Gasteiger partial charge in [-0.2, -0.15) is 0 Å². The minimum absolute atomic E-state index is 0.00751. The highest BCUT2D eigenvalue weighted by Crippen LogP contribution is 2.30. The third-order valence-electron chi connectivity index (χ3n) is 9.74. The number of amides is 1. The number of rotatable bonds is 13. The van der Waals surface area contributed by atoms with Gasteiger partial charge in [0.1, 0.15) is 11.9 Å². The third-order valence-corrected chi connectivity index (χ3v) is 9.74. The molecule has 1 aliphatic rings. The lowest BCUT2D eigenvalue weighted by molar-refractivity contribution is -0.121. The van der Waals surface area contributed by atoms with E-state index >= 15 is 0 Å². The largest absolute Gasteiger partial charge is 0.453 e. The van der Waals surface area contributed by atoms with Crippen LogP contribution in [-0.4, -0.2) is 59.2 Å². The first kappa shape index (κ1) is 34.8. The first-order valence-electron chi connectivity index (χ1n) is 17.3. The standard InChI is InChI=1S/C40H45N5O5/c1-25-21-32-33(22-26(25)2)44-38(43-32)34-24-50-30(23-42-34)18-17-27-19-20-41-39(47)31(27)15-10-16-35(46)37(45-40(48)49-3)36(28-11-6-4-7-12-28)29-13-8-5-9-14-29/h4-9,11-14,19-22,30,34,36-37,42H,10,15-18,23-24H2,1-3H3,(H,41,47)(H,43,44)(H,45,48). The van der Waals surface area contributed by atoms with E-state index in [2.05, 4.69) is 46.6 Å². The fourth-order valence-electron chi connectivity index (χ4n) is 6.84.